The third-order valence-corrected chi connectivity index (χ3v) is 2.37. The van der Waals surface area contributed by atoms with Gasteiger partial charge in [0.15, 0.2) is 5.96 Å². The van der Waals surface area contributed by atoms with Crippen LogP contribution in [0.2, 0.25) is 0 Å². The molecule has 0 aromatic carbocycles. The van der Waals surface area contributed by atoms with Gasteiger partial charge in [-0.15, -0.1) is 24.0 Å². The average molecular weight is 378 g/mol. The second-order valence-electron chi connectivity index (χ2n) is 4.41. The molecule has 1 aromatic rings. The van der Waals surface area contributed by atoms with Gasteiger partial charge in [0.05, 0.1) is 7.11 Å². The maximum atomic E-state index is 5.08. The lowest BCUT2D eigenvalue weighted by molar-refractivity contribution is 0.397. The lowest BCUT2D eigenvalue weighted by Gasteiger charge is -2.13. The van der Waals surface area contributed by atoms with Crippen LogP contribution in [0, 0.1) is 5.92 Å². The van der Waals surface area contributed by atoms with E-state index in [1.165, 1.54) is 0 Å². The molecule has 108 valence electrons. The molecule has 0 unspecified atom stereocenters. The fourth-order valence-corrected chi connectivity index (χ4v) is 1.38. The molecule has 0 aliphatic rings. The average Bonchev–Trinajstić information content (AvgIpc) is 2.39. The molecule has 19 heavy (non-hydrogen) atoms. The van der Waals surface area contributed by atoms with E-state index in [2.05, 4.69) is 34.5 Å². The zero-order chi connectivity index (χ0) is 13.4. The number of ether oxygens (including phenoxy) is 1. The van der Waals surface area contributed by atoms with Crippen molar-refractivity contribution in [3.8, 4) is 5.88 Å². The summed E-state index contributed by atoms with van der Waals surface area (Å²) in [5.74, 6) is 2.02. The first-order valence-corrected chi connectivity index (χ1v) is 6.09. The third kappa shape index (κ3) is 7.19. The minimum atomic E-state index is 0. The van der Waals surface area contributed by atoms with Crippen molar-refractivity contribution < 1.29 is 4.74 Å². The van der Waals surface area contributed by atoms with Gasteiger partial charge in [0.1, 0.15) is 0 Å². The van der Waals surface area contributed by atoms with E-state index in [0.29, 0.717) is 18.3 Å². The Labute approximate surface area is 132 Å². The monoisotopic (exact) mass is 378 g/mol. The molecule has 0 saturated heterocycles. The van der Waals surface area contributed by atoms with Crippen LogP contribution in [-0.2, 0) is 6.54 Å². The van der Waals surface area contributed by atoms with Crippen molar-refractivity contribution in [1.82, 2.24) is 15.6 Å². The van der Waals surface area contributed by atoms with Crippen LogP contribution in [0.5, 0.6) is 5.88 Å². The molecule has 0 saturated carbocycles. The molecule has 0 fully saturated rings. The number of aliphatic imine (C=N–C) groups is 1. The van der Waals surface area contributed by atoms with Crippen LogP contribution < -0.4 is 15.4 Å². The molecule has 0 bridgehead atoms. The van der Waals surface area contributed by atoms with Crippen molar-refractivity contribution in [2.75, 3.05) is 20.7 Å². The first-order valence-electron chi connectivity index (χ1n) is 6.09. The molecule has 0 aliphatic heterocycles. The Morgan fingerprint density at radius 1 is 1.42 bits per heavy atom. The van der Waals surface area contributed by atoms with Gasteiger partial charge in [0.25, 0.3) is 0 Å². The van der Waals surface area contributed by atoms with Gasteiger partial charge in [0.2, 0.25) is 5.88 Å². The largest absolute Gasteiger partial charge is 0.481 e. The number of nitrogens with one attached hydrogen (secondary N) is 2. The summed E-state index contributed by atoms with van der Waals surface area (Å²) < 4.78 is 5.08. The summed E-state index contributed by atoms with van der Waals surface area (Å²) in [6.45, 7) is 5.91. The summed E-state index contributed by atoms with van der Waals surface area (Å²) in [6.07, 6.45) is 1.74. The highest BCUT2D eigenvalue weighted by Gasteiger charge is 2.01. The lowest BCUT2D eigenvalue weighted by atomic mass is 10.2. The molecule has 0 atom stereocenters. The van der Waals surface area contributed by atoms with Crippen molar-refractivity contribution in [1.29, 1.82) is 0 Å². The fourth-order valence-electron chi connectivity index (χ4n) is 1.38. The van der Waals surface area contributed by atoms with E-state index < -0.39 is 0 Å². The first kappa shape index (κ1) is 17.9. The van der Waals surface area contributed by atoms with Gasteiger partial charge >= 0.3 is 0 Å². The van der Waals surface area contributed by atoms with Crippen molar-refractivity contribution in [3.05, 3.63) is 23.9 Å². The quantitative estimate of drug-likeness (QED) is 0.468. The van der Waals surface area contributed by atoms with E-state index in [4.69, 9.17) is 4.74 Å². The summed E-state index contributed by atoms with van der Waals surface area (Å²) >= 11 is 0. The number of hydrogen-bond donors (Lipinski definition) is 2. The second-order valence-corrected chi connectivity index (χ2v) is 4.41. The molecule has 0 aliphatic carbocycles. The van der Waals surface area contributed by atoms with Crippen LogP contribution in [0.25, 0.3) is 0 Å². The third-order valence-electron chi connectivity index (χ3n) is 2.37. The number of methoxy groups -OCH3 is 1. The molecule has 2 N–H and O–H groups in total. The van der Waals surface area contributed by atoms with Crippen LogP contribution in [0.3, 0.4) is 0 Å². The van der Waals surface area contributed by atoms with E-state index in [1.807, 2.05) is 12.1 Å². The number of guanidine groups is 1. The van der Waals surface area contributed by atoms with Crippen molar-refractivity contribution >= 4 is 29.9 Å². The van der Waals surface area contributed by atoms with E-state index in [-0.39, 0.29) is 24.0 Å². The Hall–Kier alpha value is -1.05. The minimum Gasteiger partial charge on any atom is -0.481 e. The number of halogens is 1. The molecule has 0 radical (unpaired) electrons. The van der Waals surface area contributed by atoms with Crippen LogP contribution in [0.15, 0.2) is 23.3 Å². The topological polar surface area (TPSA) is 58.5 Å². The van der Waals surface area contributed by atoms with Gasteiger partial charge in [-0.25, -0.2) is 4.98 Å². The van der Waals surface area contributed by atoms with Gasteiger partial charge < -0.3 is 15.4 Å². The normalized spacial score (nSPS) is 10.9. The summed E-state index contributed by atoms with van der Waals surface area (Å²) in [5, 5.41) is 6.51. The fraction of sp³-hybridized carbons (Fsp3) is 0.538. The summed E-state index contributed by atoms with van der Waals surface area (Å²) in [5.41, 5.74) is 1.11. The van der Waals surface area contributed by atoms with E-state index in [1.54, 1.807) is 20.4 Å². The molecular formula is C13H23IN4O. The number of nitrogens with zero attached hydrogens (tertiary/aromatic N) is 2. The second kappa shape index (κ2) is 9.82. The molecule has 0 spiro atoms. The zero-order valence-corrected chi connectivity index (χ0v) is 14.3. The summed E-state index contributed by atoms with van der Waals surface area (Å²) in [6, 6.07) is 3.86. The van der Waals surface area contributed by atoms with Crippen molar-refractivity contribution in [2.24, 2.45) is 10.9 Å². The highest BCUT2D eigenvalue weighted by atomic mass is 127. The Kier molecular flexibility index (Phi) is 9.28. The molecule has 6 heteroatoms. The van der Waals surface area contributed by atoms with Gasteiger partial charge in [-0.2, -0.15) is 0 Å². The first-order chi connectivity index (χ1) is 8.65. The standard InChI is InChI=1S/C13H22N4O.HI/c1-10(2)8-16-13(14-3)17-9-11-5-6-15-12(7-11)18-4;/h5-7,10H,8-9H2,1-4H3,(H2,14,16,17);1H. The summed E-state index contributed by atoms with van der Waals surface area (Å²) in [4.78, 5) is 8.23. The van der Waals surface area contributed by atoms with Gasteiger partial charge in [-0.1, -0.05) is 13.8 Å². The maximum absolute atomic E-state index is 5.08. The molecule has 0 amide bonds. The van der Waals surface area contributed by atoms with Gasteiger partial charge in [-0.3, -0.25) is 4.99 Å². The predicted molar refractivity (Wildman–Crippen MR) is 89.2 cm³/mol. The number of pyridine rings is 1. The van der Waals surface area contributed by atoms with E-state index in [0.717, 1.165) is 18.1 Å². The summed E-state index contributed by atoms with van der Waals surface area (Å²) in [7, 11) is 3.38. The smallest absolute Gasteiger partial charge is 0.213 e. The number of aromatic nitrogens is 1. The maximum Gasteiger partial charge on any atom is 0.213 e. The van der Waals surface area contributed by atoms with E-state index >= 15 is 0 Å². The predicted octanol–water partition coefficient (Wildman–Crippen LogP) is 2.03. The van der Waals surface area contributed by atoms with Crippen LogP contribution in [0.1, 0.15) is 19.4 Å². The molecule has 1 rings (SSSR count). The Morgan fingerprint density at radius 3 is 2.74 bits per heavy atom. The lowest BCUT2D eigenvalue weighted by Crippen LogP contribution is -2.38. The highest BCUT2D eigenvalue weighted by molar-refractivity contribution is 14.0. The Morgan fingerprint density at radius 2 is 2.16 bits per heavy atom. The highest BCUT2D eigenvalue weighted by Crippen LogP contribution is 2.07. The number of hydrogen-bond acceptors (Lipinski definition) is 3. The van der Waals surface area contributed by atoms with Crippen LogP contribution in [0.4, 0.5) is 0 Å². The molecule has 1 aromatic heterocycles. The number of rotatable bonds is 5. The van der Waals surface area contributed by atoms with Gasteiger partial charge in [-0.05, 0) is 17.5 Å². The SMILES string of the molecule is CN=C(NCc1ccnc(OC)c1)NCC(C)C.I. The Balaban J connectivity index is 0.00000324. The Bertz CT molecular complexity index is 396. The van der Waals surface area contributed by atoms with Gasteiger partial charge in [0, 0.05) is 32.4 Å². The molecular weight excluding hydrogens is 355 g/mol. The van der Waals surface area contributed by atoms with Crippen LogP contribution >= 0.6 is 24.0 Å². The van der Waals surface area contributed by atoms with Crippen molar-refractivity contribution in [3.63, 3.8) is 0 Å². The van der Waals surface area contributed by atoms with Crippen molar-refractivity contribution in [2.45, 2.75) is 20.4 Å². The zero-order valence-electron chi connectivity index (χ0n) is 11.9. The minimum absolute atomic E-state index is 0. The molecule has 1 heterocycles. The van der Waals surface area contributed by atoms with Crippen LogP contribution in [-0.4, -0.2) is 31.6 Å². The van der Waals surface area contributed by atoms with E-state index in [9.17, 15) is 0 Å². The molecule has 5 nitrogen and oxygen atoms in total.